The van der Waals surface area contributed by atoms with Gasteiger partial charge in [-0.3, -0.25) is 14.2 Å². The fraction of sp³-hybridized carbons (Fsp3) is 0.412. The van der Waals surface area contributed by atoms with Crippen molar-refractivity contribution >= 4 is 23.0 Å². The van der Waals surface area contributed by atoms with Gasteiger partial charge in [0.15, 0.2) is 11.8 Å². The van der Waals surface area contributed by atoms with Gasteiger partial charge in [-0.1, -0.05) is 6.42 Å². The molecule has 2 rings (SSSR count). The summed E-state index contributed by atoms with van der Waals surface area (Å²) in [5.74, 6) is -0.744. The normalized spacial score (nSPS) is 10.8. The highest BCUT2D eigenvalue weighted by atomic mass is 32.2. The zero-order valence-corrected chi connectivity index (χ0v) is 15.5. The molecule has 0 aromatic carbocycles. The molecule has 9 nitrogen and oxygen atoms in total. The number of unbranched alkanes of at least 4 members (excludes halogenated alkanes) is 2. The minimum atomic E-state index is -0.187. The Morgan fingerprint density at radius 2 is 1.44 bits per heavy atom. The van der Waals surface area contributed by atoms with Gasteiger partial charge in [-0.2, -0.15) is 0 Å². The van der Waals surface area contributed by atoms with Crippen LogP contribution in [0.3, 0.4) is 0 Å². The average molecular weight is 397 g/mol. The first kappa shape index (κ1) is 20.6. The number of aromatic hydroxyl groups is 4. The number of hydrogen-bond donors (Lipinski definition) is 5. The van der Waals surface area contributed by atoms with E-state index in [1.54, 1.807) is 0 Å². The van der Waals surface area contributed by atoms with E-state index in [2.05, 4.69) is 5.32 Å². The third kappa shape index (κ3) is 6.17. The fourth-order valence-electron chi connectivity index (χ4n) is 2.42. The lowest BCUT2D eigenvalue weighted by Gasteiger charge is -2.08. The summed E-state index contributed by atoms with van der Waals surface area (Å²) in [5.41, 5.74) is 0. The highest BCUT2D eigenvalue weighted by Crippen LogP contribution is 2.28. The maximum absolute atomic E-state index is 11.8. The lowest BCUT2D eigenvalue weighted by molar-refractivity contribution is -0.121. The lowest BCUT2D eigenvalue weighted by atomic mass is 10.2. The molecule has 0 aliphatic carbocycles. The van der Waals surface area contributed by atoms with Crippen LogP contribution in [0.2, 0.25) is 0 Å². The van der Waals surface area contributed by atoms with Crippen molar-refractivity contribution in [1.29, 1.82) is 0 Å². The molecule has 0 aliphatic heterocycles. The molecule has 0 spiro atoms. The lowest BCUT2D eigenvalue weighted by Crippen LogP contribution is -2.25. The number of nitrogens with one attached hydrogen (secondary N) is 1. The standard InChI is InChI=1S/C17H23N3O6S/c21-12(9-11-19-13(22)5-6-14(19)23)18-10-3-1-2-4-17(26)27-20-15(24)7-8-16(20)25/h5-8,22-25H,1-4,9-11H2,(H,18,21). The minimum Gasteiger partial charge on any atom is -0.494 e. The topological polar surface area (TPSA) is 137 Å². The summed E-state index contributed by atoms with van der Waals surface area (Å²) < 4.78 is 2.30. The molecule has 0 aliphatic rings. The largest absolute Gasteiger partial charge is 0.494 e. The summed E-state index contributed by atoms with van der Waals surface area (Å²) in [4.78, 5) is 23.6. The number of aromatic nitrogens is 2. The predicted octanol–water partition coefficient (Wildman–Crippen LogP) is 1.90. The molecule has 0 saturated carbocycles. The van der Waals surface area contributed by atoms with Gasteiger partial charge in [0.1, 0.15) is 0 Å². The maximum Gasteiger partial charge on any atom is 0.221 e. The summed E-state index contributed by atoms with van der Waals surface area (Å²) in [7, 11) is 0. The van der Waals surface area contributed by atoms with E-state index in [4.69, 9.17) is 0 Å². The van der Waals surface area contributed by atoms with Crippen molar-refractivity contribution in [3.05, 3.63) is 24.3 Å². The number of rotatable bonds is 10. The Kier molecular flexibility index (Phi) is 7.47. The molecule has 2 aromatic rings. The van der Waals surface area contributed by atoms with E-state index < -0.39 is 0 Å². The van der Waals surface area contributed by atoms with E-state index >= 15 is 0 Å². The first-order valence-electron chi connectivity index (χ1n) is 8.53. The number of hydrogen-bond acceptors (Lipinski definition) is 7. The maximum atomic E-state index is 11.8. The van der Waals surface area contributed by atoms with Crippen molar-refractivity contribution in [2.24, 2.45) is 0 Å². The molecule has 0 saturated heterocycles. The van der Waals surface area contributed by atoms with Crippen LogP contribution in [-0.4, -0.2) is 46.5 Å². The zero-order valence-electron chi connectivity index (χ0n) is 14.7. The molecule has 0 unspecified atom stereocenters. The predicted molar refractivity (Wildman–Crippen MR) is 99.6 cm³/mol. The molecule has 10 heteroatoms. The van der Waals surface area contributed by atoms with Crippen LogP contribution < -0.4 is 5.32 Å². The summed E-state index contributed by atoms with van der Waals surface area (Å²) in [6.45, 7) is 0.657. The Hall–Kier alpha value is -2.75. The summed E-state index contributed by atoms with van der Waals surface area (Å²) in [6, 6.07) is 5.31. The van der Waals surface area contributed by atoms with Gasteiger partial charge in [0.25, 0.3) is 0 Å². The van der Waals surface area contributed by atoms with Gasteiger partial charge < -0.3 is 25.7 Å². The molecule has 0 radical (unpaired) electrons. The van der Waals surface area contributed by atoms with Gasteiger partial charge >= 0.3 is 0 Å². The molecule has 1 amide bonds. The molecule has 2 heterocycles. The summed E-state index contributed by atoms with van der Waals surface area (Å²) in [6.07, 6.45) is 2.52. The van der Waals surface area contributed by atoms with Crippen LogP contribution in [-0.2, 0) is 16.1 Å². The van der Waals surface area contributed by atoms with Gasteiger partial charge in [-0.25, -0.2) is 3.97 Å². The van der Waals surface area contributed by atoms with E-state index in [9.17, 15) is 30.0 Å². The van der Waals surface area contributed by atoms with Crippen LogP contribution in [0.25, 0.3) is 0 Å². The monoisotopic (exact) mass is 397 g/mol. The van der Waals surface area contributed by atoms with Crippen LogP contribution in [0, 0.1) is 0 Å². The molecule has 0 fully saturated rings. The third-order valence-electron chi connectivity index (χ3n) is 3.87. The Labute approximate surface area is 160 Å². The Morgan fingerprint density at radius 3 is 2.07 bits per heavy atom. The number of carbonyl (C=O) groups excluding carboxylic acids is 2. The number of nitrogens with zero attached hydrogens (tertiary/aromatic N) is 2. The highest BCUT2D eigenvalue weighted by Gasteiger charge is 2.12. The minimum absolute atomic E-state index is 0.0932. The van der Waals surface area contributed by atoms with Gasteiger partial charge in [0.2, 0.25) is 22.8 Å². The van der Waals surface area contributed by atoms with E-state index in [-0.39, 0.29) is 47.5 Å². The molecular weight excluding hydrogens is 374 g/mol. The molecular formula is C17H23N3O6S. The summed E-state index contributed by atoms with van der Waals surface area (Å²) >= 11 is 0.745. The molecule has 0 bridgehead atoms. The first-order valence-corrected chi connectivity index (χ1v) is 9.31. The Morgan fingerprint density at radius 1 is 0.852 bits per heavy atom. The van der Waals surface area contributed by atoms with Crippen LogP contribution >= 0.6 is 11.9 Å². The van der Waals surface area contributed by atoms with Crippen LogP contribution in [0.5, 0.6) is 23.5 Å². The zero-order chi connectivity index (χ0) is 19.8. The quantitative estimate of drug-likeness (QED) is 0.386. The van der Waals surface area contributed by atoms with E-state index in [0.717, 1.165) is 22.3 Å². The van der Waals surface area contributed by atoms with Crippen molar-refractivity contribution in [1.82, 2.24) is 13.9 Å². The first-order chi connectivity index (χ1) is 12.9. The highest BCUT2D eigenvalue weighted by molar-refractivity contribution is 8.12. The van der Waals surface area contributed by atoms with Gasteiger partial charge in [0.05, 0.1) is 0 Å². The molecule has 27 heavy (non-hydrogen) atoms. The second-order valence-corrected chi connectivity index (χ2v) is 6.92. The third-order valence-corrected chi connectivity index (χ3v) is 4.83. The van der Waals surface area contributed by atoms with Gasteiger partial charge in [-0.15, -0.1) is 0 Å². The molecule has 148 valence electrons. The second kappa shape index (κ2) is 9.81. The van der Waals surface area contributed by atoms with Crippen LogP contribution in [0.4, 0.5) is 0 Å². The van der Waals surface area contributed by atoms with Crippen molar-refractivity contribution < 1.29 is 30.0 Å². The van der Waals surface area contributed by atoms with Crippen molar-refractivity contribution in [3.8, 4) is 23.5 Å². The van der Waals surface area contributed by atoms with E-state index in [0.29, 0.717) is 25.8 Å². The van der Waals surface area contributed by atoms with E-state index in [1.165, 1.54) is 28.8 Å². The molecule has 0 atom stereocenters. The van der Waals surface area contributed by atoms with E-state index in [1.807, 2.05) is 0 Å². The average Bonchev–Trinajstić information content (AvgIpc) is 3.12. The van der Waals surface area contributed by atoms with Gasteiger partial charge in [0, 0.05) is 62.1 Å². The van der Waals surface area contributed by atoms with Crippen molar-refractivity contribution in [3.63, 3.8) is 0 Å². The number of carbonyl (C=O) groups is 2. The van der Waals surface area contributed by atoms with Crippen molar-refractivity contribution in [2.45, 2.75) is 38.6 Å². The van der Waals surface area contributed by atoms with Crippen molar-refractivity contribution in [2.75, 3.05) is 6.54 Å². The van der Waals surface area contributed by atoms with Crippen LogP contribution in [0.1, 0.15) is 32.1 Å². The second-order valence-electron chi connectivity index (χ2n) is 5.92. The SMILES string of the molecule is O=C(CCn1c(O)ccc1O)NCCCCCC(=O)Sn1c(O)ccc1O. The molecule has 2 aromatic heterocycles. The van der Waals surface area contributed by atoms with Crippen LogP contribution in [0.15, 0.2) is 24.3 Å². The Balaban J connectivity index is 1.54. The molecule has 5 N–H and O–H groups in total. The van der Waals surface area contributed by atoms with Gasteiger partial charge in [-0.05, 0) is 12.8 Å². The number of amides is 1. The summed E-state index contributed by atoms with van der Waals surface area (Å²) in [5, 5.41) is 40.5. The fourth-order valence-corrected chi connectivity index (χ4v) is 3.17. The smallest absolute Gasteiger partial charge is 0.221 e. The Bertz CT molecular complexity index is 747.